The lowest BCUT2D eigenvalue weighted by atomic mass is 9.99. The van der Waals surface area contributed by atoms with Crippen LogP contribution >= 0.6 is 0 Å². The van der Waals surface area contributed by atoms with Crippen molar-refractivity contribution in [2.45, 2.75) is 39.2 Å². The number of anilines is 1. The van der Waals surface area contributed by atoms with Crippen LogP contribution in [0.4, 0.5) is 10.5 Å². The minimum absolute atomic E-state index is 0.0241. The molecule has 25 heavy (non-hydrogen) atoms. The molecule has 0 radical (unpaired) electrons. The highest BCUT2D eigenvalue weighted by molar-refractivity contribution is 5.90. The van der Waals surface area contributed by atoms with Gasteiger partial charge in [-0.25, -0.2) is 4.79 Å². The van der Waals surface area contributed by atoms with Crippen molar-refractivity contribution in [1.29, 1.82) is 0 Å². The van der Waals surface area contributed by atoms with E-state index in [1.54, 1.807) is 39.0 Å². The van der Waals surface area contributed by atoms with Gasteiger partial charge in [-0.05, 0) is 51.0 Å². The van der Waals surface area contributed by atoms with E-state index < -0.39 is 17.5 Å². The lowest BCUT2D eigenvalue weighted by Crippen LogP contribution is -2.45. The van der Waals surface area contributed by atoms with Crippen LogP contribution < -0.4 is 20.7 Å². The van der Waals surface area contributed by atoms with Crippen molar-refractivity contribution in [3.63, 3.8) is 0 Å². The van der Waals surface area contributed by atoms with Crippen molar-refractivity contribution in [3.8, 4) is 5.75 Å². The molecule has 0 fully saturated rings. The molecule has 1 rings (SSSR count). The number of amides is 3. The van der Waals surface area contributed by atoms with Crippen molar-refractivity contribution in [1.82, 2.24) is 10.6 Å². The zero-order valence-electron chi connectivity index (χ0n) is 14.9. The van der Waals surface area contributed by atoms with Gasteiger partial charge >= 0.3 is 12.0 Å². The molecule has 1 aromatic rings. The highest BCUT2D eigenvalue weighted by atomic mass is 16.5. The van der Waals surface area contributed by atoms with Gasteiger partial charge in [-0.3, -0.25) is 9.59 Å². The normalized spacial score (nSPS) is 10.7. The van der Waals surface area contributed by atoms with Crippen LogP contribution in [0.1, 0.15) is 32.3 Å². The maximum Gasteiger partial charge on any atom is 0.319 e. The van der Waals surface area contributed by atoms with Crippen LogP contribution in [0, 0.1) is 6.92 Å². The maximum absolute atomic E-state index is 12.1. The molecule has 3 amide bonds. The summed E-state index contributed by atoms with van der Waals surface area (Å²) in [6.07, 6.45) is 0.296. The van der Waals surface area contributed by atoms with Crippen molar-refractivity contribution in [2.75, 3.05) is 19.0 Å². The SMILES string of the molecule is CNC(=O)COc1ccc(NC(=O)NC(C)(C)CCC(=O)O)c(C)c1. The van der Waals surface area contributed by atoms with Gasteiger partial charge in [0.25, 0.3) is 5.91 Å². The second kappa shape index (κ2) is 8.91. The van der Waals surface area contributed by atoms with Crippen molar-refractivity contribution < 1.29 is 24.2 Å². The summed E-state index contributed by atoms with van der Waals surface area (Å²) in [4.78, 5) is 33.9. The molecule has 0 aromatic heterocycles. The molecule has 1 aromatic carbocycles. The quantitative estimate of drug-likeness (QED) is 0.570. The number of hydrogen-bond acceptors (Lipinski definition) is 4. The van der Waals surface area contributed by atoms with Gasteiger partial charge in [0.05, 0.1) is 0 Å². The van der Waals surface area contributed by atoms with E-state index in [-0.39, 0.29) is 18.9 Å². The second-order valence-electron chi connectivity index (χ2n) is 6.30. The lowest BCUT2D eigenvalue weighted by Gasteiger charge is -2.26. The number of ether oxygens (including phenoxy) is 1. The Morgan fingerprint density at radius 1 is 1.24 bits per heavy atom. The van der Waals surface area contributed by atoms with E-state index in [0.717, 1.165) is 5.56 Å². The van der Waals surface area contributed by atoms with E-state index in [0.29, 0.717) is 17.9 Å². The Labute approximate surface area is 146 Å². The molecule has 8 heteroatoms. The molecule has 138 valence electrons. The molecular formula is C17H25N3O5. The molecule has 0 aliphatic rings. The summed E-state index contributed by atoms with van der Waals surface area (Å²) in [6, 6.07) is 4.63. The average molecular weight is 351 g/mol. The molecule has 0 aliphatic carbocycles. The van der Waals surface area contributed by atoms with Crippen LogP contribution in [-0.2, 0) is 9.59 Å². The Hall–Kier alpha value is -2.77. The van der Waals surface area contributed by atoms with Gasteiger partial charge in [-0.15, -0.1) is 0 Å². The minimum Gasteiger partial charge on any atom is -0.484 e. The number of carbonyl (C=O) groups is 3. The highest BCUT2D eigenvalue weighted by Crippen LogP contribution is 2.21. The number of aliphatic carboxylic acids is 1. The first-order chi connectivity index (χ1) is 11.6. The third-order valence-electron chi connectivity index (χ3n) is 3.51. The Kier molecular flexibility index (Phi) is 7.22. The van der Waals surface area contributed by atoms with Crippen molar-refractivity contribution in [2.24, 2.45) is 0 Å². The number of aryl methyl sites for hydroxylation is 1. The van der Waals surface area contributed by atoms with Gasteiger partial charge in [0.15, 0.2) is 6.61 Å². The van der Waals surface area contributed by atoms with Gasteiger partial charge in [0.1, 0.15) is 5.75 Å². The van der Waals surface area contributed by atoms with Crippen LogP contribution in [-0.4, -0.2) is 42.2 Å². The van der Waals surface area contributed by atoms with Gasteiger partial charge in [-0.1, -0.05) is 0 Å². The number of rotatable bonds is 8. The number of likely N-dealkylation sites (N-methyl/N-ethyl adjacent to an activating group) is 1. The molecule has 0 heterocycles. The minimum atomic E-state index is -0.904. The summed E-state index contributed by atoms with van der Waals surface area (Å²) in [7, 11) is 1.53. The van der Waals surface area contributed by atoms with Crippen LogP contribution in [0.2, 0.25) is 0 Å². The fraction of sp³-hybridized carbons (Fsp3) is 0.471. The smallest absolute Gasteiger partial charge is 0.319 e. The van der Waals surface area contributed by atoms with Gasteiger partial charge in [0, 0.05) is 24.7 Å². The summed E-state index contributed by atoms with van der Waals surface area (Å²) in [5.74, 6) is -0.616. The predicted octanol–water partition coefficient (Wildman–Crippen LogP) is 1.88. The van der Waals surface area contributed by atoms with Crippen LogP contribution in [0.5, 0.6) is 5.75 Å². The highest BCUT2D eigenvalue weighted by Gasteiger charge is 2.21. The topological polar surface area (TPSA) is 117 Å². The first kappa shape index (κ1) is 20.3. The first-order valence-electron chi connectivity index (χ1n) is 7.88. The fourth-order valence-electron chi connectivity index (χ4n) is 2.03. The Balaban J connectivity index is 2.62. The summed E-state index contributed by atoms with van der Waals surface area (Å²) >= 11 is 0. The average Bonchev–Trinajstić information content (AvgIpc) is 2.52. The van der Waals surface area contributed by atoms with Crippen molar-refractivity contribution >= 4 is 23.6 Å². The fourth-order valence-corrected chi connectivity index (χ4v) is 2.03. The van der Waals surface area contributed by atoms with Gasteiger partial charge < -0.3 is 25.8 Å². The third kappa shape index (κ3) is 7.56. The summed E-state index contributed by atoms with van der Waals surface area (Å²) in [5, 5.41) is 16.7. The predicted molar refractivity (Wildman–Crippen MR) is 93.8 cm³/mol. The van der Waals surface area contributed by atoms with E-state index in [4.69, 9.17) is 9.84 Å². The van der Waals surface area contributed by atoms with E-state index in [2.05, 4.69) is 16.0 Å². The van der Waals surface area contributed by atoms with Crippen LogP contribution in [0.15, 0.2) is 18.2 Å². The van der Waals surface area contributed by atoms with E-state index in [1.807, 2.05) is 0 Å². The summed E-state index contributed by atoms with van der Waals surface area (Å²) in [6.45, 7) is 5.25. The monoisotopic (exact) mass is 351 g/mol. The summed E-state index contributed by atoms with van der Waals surface area (Å²) in [5.41, 5.74) is 0.721. The molecular weight excluding hydrogens is 326 g/mol. The second-order valence-corrected chi connectivity index (χ2v) is 6.30. The number of carboxylic acids is 1. The molecule has 0 saturated carbocycles. The number of carboxylic acid groups (broad SMARTS) is 1. The van der Waals surface area contributed by atoms with E-state index >= 15 is 0 Å². The molecule has 0 atom stereocenters. The number of hydrogen-bond donors (Lipinski definition) is 4. The van der Waals surface area contributed by atoms with Crippen LogP contribution in [0.25, 0.3) is 0 Å². The zero-order chi connectivity index (χ0) is 19.0. The van der Waals surface area contributed by atoms with E-state index in [9.17, 15) is 14.4 Å². The van der Waals surface area contributed by atoms with E-state index in [1.165, 1.54) is 7.05 Å². The molecule has 0 aliphatic heterocycles. The Morgan fingerprint density at radius 3 is 2.48 bits per heavy atom. The zero-order valence-corrected chi connectivity index (χ0v) is 14.9. The lowest BCUT2D eigenvalue weighted by molar-refractivity contribution is -0.137. The third-order valence-corrected chi connectivity index (χ3v) is 3.51. The number of carbonyl (C=O) groups excluding carboxylic acids is 2. The number of urea groups is 1. The number of benzene rings is 1. The Bertz CT molecular complexity index is 643. The van der Waals surface area contributed by atoms with Crippen molar-refractivity contribution in [3.05, 3.63) is 23.8 Å². The standard InChI is InChI=1S/C17H25N3O5/c1-11-9-12(25-10-14(21)18-4)5-6-13(11)19-16(24)20-17(2,3)8-7-15(22)23/h5-6,9H,7-8,10H2,1-4H3,(H,18,21)(H,22,23)(H2,19,20,24). The van der Waals surface area contributed by atoms with Crippen LogP contribution in [0.3, 0.4) is 0 Å². The molecule has 0 saturated heterocycles. The van der Waals surface area contributed by atoms with Gasteiger partial charge in [0.2, 0.25) is 0 Å². The molecule has 0 unspecified atom stereocenters. The maximum atomic E-state index is 12.1. The molecule has 0 bridgehead atoms. The Morgan fingerprint density at radius 2 is 1.92 bits per heavy atom. The number of nitrogens with one attached hydrogen (secondary N) is 3. The molecule has 4 N–H and O–H groups in total. The largest absolute Gasteiger partial charge is 0.484 e. The van der Waals surface area contributed by atoms with Gasteiger partial charge in [-0.2, -0.15) is 0 Å². The first-order valence-corrected chi connectivity index (χ1v) is 7.88. The molecule has 8 nitrogen and oxygen atoms in total. The molecule has 0 spiro atoms. The summed E-state index contributed by atoms with van der Waals surface area (Å²) < 4.78 is 5.34.